The Balaban J connectivity index is 3.09. The third-order valence-corrected chi connectivity index (χ3v) is 2.71. The first-order valence-electron chi connectivity index (χ1n) is 3.02. The highest BCUT2D eigenvalue weighted by atomic mass is 32.2. The third-order valence-electron chi connectivity index (χ3n) is 1.64. The van der Waals surface area contributed by atoms with E-state index in [1.165, 1.54) is 0 Å². The van der Waals surface area contributed by atoms with Crippen molar-refractivity contribution in [3.63, 3.8) is 0 Å². The minimum atomic E-state index is -4.75. The van der Waals surface area contributed by atoms with Crippen LogP contribution in [0.5, 0.6) is 0 Å². The number of hydrogen-bond donors (Lipinski definition) is 0. The molecule has 1 aliphatic heterocycles. The zero-order chi connectivity index (χ0) is 10.5. The van der Waals surface area contributed by atoms with Crippen molar-refractivity contribution in [1.29, 1.82) is 0 Å². The SMILES string of the molecule is FCC1(F)C(F)C(F)(F)SC1(F)F. The van der Waals surface area contributed by atoms with Crippen molar-refractivity contribution < 1.29 is 30.7 Å². The predicted octanol–water partition coefficient (Wildman–Crippen LogP) is 2.93. The second-order valence-corrected chi connectivity index (χ2v) is 3.80. The molecule has 0 aliphatic carbocycles. The first kappa shape index (κ1) is 10.9. The summed E-state index contributed by atoms with van der Waals surface area (Å²) in [7, 11) is 0. The maximum absolute atomic E-state index is 12.7. The Morgan fingerprint density at radius 3 is 1.69 bits per heavy atom. The Bertz CT molecular complexity index is 217. The lowest BCUT2D eigenvalue weighted by atomic mass is 10.0. The Morgan fingerprint density at radius 1 is 1.08 bits per heavy atom. The molecule has 8 heteroatoms. The molecule has 2 unspecified atom stereocenters. The zero-order valence-electron chi connectivity index (χ0n) is 5.84. The monoisotopic (exact) mass is 228 g/mol. The highest BCUT2D eigenvalue weighted by molar-refractivity contribution is 8.01. The second kappa shape index (κ2) is 2.68. The van der Waals surface area contributed by atoms with E-state index in [0.717, 1.165) is 0 Å². The highest BCUT2D eigenvalue weighted by Gasteiger charge is 2.78. The molecule has 0 N–H and O–H groups in total. The summed E-state index contributed by atoms with van der Waals surface area (Å²) in [6.45, 7) is -2.48. The van der Waals surface area contributed by atoms with E-state index in [4.69, 9.17) is 0 Å². The summed E-state index contributed by atoms with van der Waals surface area (Å²) >= 11 is -1.49. The van der Waals surface area contributed by atoms with Gasteiger partial charge in [-0.2, -0.15) is 17.6 Å². The van der Waals surface area contributed by atoms with E-state index < -0.39 is 40.8 Å². The second-order valence-electron chi connectivity index (χ2n) is 2.54. The number of thioether (sulfide) groups is 1. The van der Waals surface area contributed by atoms with Crippen molar-refractivity contribution in [2.24, 2.45) is 0 Å². The van der Waals surface area contributed by atoms with Gasteiger partial charge in [0, 0.05) is 0 Å². The highest BCUT2D eigenvalue weighted by Crippen LogP contribution is 2.62. The molecule has 0 aromatic carbocycles. The summed E-state index contributed by atoms with van der Waals surface area (Å²) in [5.74, 6) is 0. The van der Waals surface area contributed by atoms with Crippen molar-refractivity contribution in [2.45, 2.75) is 22.3 Å². The Labute approximate surface area is 72.5 Å². The standard InChI is InChI=1S/C5H3F7S/c6-1-3(8)2(7)4(9,10)13-5(3,11)12/h2H,1H2. The molecule has 0 radical (unpaired) electrons. The van der Waals surface area contributed by atoms with Gasteiger partial charge in [0.25, 0.3) is 0 Å². The van der Waals surface area contributed by atoms with Crippen molar-refractivity contribution >= 4 is 11.8 Å². The van der Waals surface area contributed by atoms with Gasteiger partial charge < -0.3 is 0 Å². The molecule has 0 saturated carbocycles. The van der Waals surface area contributed by atoms with Gasteiger partial charge in [-0.05, 0) is 11.8 Å². The first-order valence-corrected chi connectivity index (χ1v) is 3.84. The number of rotatable bonds is 1. The van der Waals surface area contributed by atoms with Gasteiger partial charge in [0.2, 0.25) is 11.8 Å². The predicted molar refractivity (Wildman–Crippen MR) is 32.2 cm³/mol. The minimum Gasteiger partial charge on any atom is -0.247 e. The molecule has 78 valence electrons. The van der Waals surface area contributed by atoms with Crippen LogP contribution in [0, 0.1) is 0 Å². The van der Waals surface area contributed by atoms with Crippen LogP contribution >= 0.6 is 11.8 Å². The van der Waals surface area contributed by atoms with Crippen LogP contribution in [0.1, 0.15) is 0 Å². The normalized spacial score (nSPS) is 42.2. The fourth-order valence-electron chi connectivity index (χ4n) is 0.867. The van der Waals surface area contributed by atoms with E-state index in [0.29, 0.717) is 0 Å². The average molecular weight is 228 g/mol. The van der Waals surface area contributed by atoms with Crippen LogP contribution in [-0.4, -0.2) is 29.0 Å². The summed E-state index contributed by atoms with van der Waals surface area (Å²) in [5, 5.41) is -9.34. The molecule has 1 fully saturated rings. The number of hydrogen-bond acceptors (Lipinski definition) is 1. The van der Waals surface area contributed by atoms with Gasteiger partial charge in [-0.25, -0.2) is 13.2 Å². The molecule has 2 atom stereocenters. The molecule has 13 heavy (non-hydrogen) atoms. The Kier molecular flexibility index (Phi) is 2.25. The molecule has 1 aliphatic rings. The van der Waals surface area contributed by atoms with Crippen LogP contribution in [0.3, 0.4) is 0 Å². The molecule has 0 amide bonds. The number of alkyl halides is 7. The van der Waals surface area contributed by atoms with Gasteiger partial charge in [-0.1, -0.05) is 0 Å². The zero-order valence-corrected chi connectivity index (χ0v) is 6.65. The van der Waals surface area contributed by atoms with Crippen LogP contribution in [0.25, 0.3) is 0 Å². The van der Waals surface area contributed by atoms with Gasteiger partial charge in [-0.15, -0.1) is 0 Å². The van der Waals surface area contributed by atoms with Crippen molar-refractivity contribution in [1.82, 2.24) is 0 Å². The van der Waals surface area contributed by atoms with E-state index in [2.05, 4.69) is 0 Å². The fourth-order valence-corrected chi connectivity index (χ4v) is 1.83. The maximum atomic E-state index is 12.7. The van der Waals surface area contributed by atoms with E-state index in [9.17, 15) is 30.7 Å². The fraction of sp³-hybridized carbons (Fsp3) is 1.00. The molecule has 1 rings (SSSR count). The van der Waals surface area contributed by atoms with Crippen LogP contribution in [0.15, 0.2) is 0 Å². The van der Waals surface area contributed by atoms with Crippen molar-refractivity contribution in [2.75, 3.05) is 6.67 Å². The molecule has 1 heterocycles. The van der Waals surface area contributed by atoms with Gasteiger partial charge in [0.1, 0.15) is 6.67 Å². The van der Waals surface area contributed by atoms with Gasteiger partial charge in [-0.3, -0.25) is 0 Å². The van der Waals surface area contributed by atoms with E-state index in [1.54, 1.807) is 0 Å². The quantitative estimate of drug-likeness (QED) is 0.622. The lowest BCUT2D eigenvalue weighted by molar-refractivity contribution is -0.136. The molecule has 0 aromatic heterocycles. The molecule has 0 bridgehead atoms. The molecule has 0 spiro atoms. The summed E-state index contributed by atoms with van der Waals surface area (Å²) in [6, 6.07) is 0. The van der Waals surface area contributed by atoms with Crippen LogP contribution in [0.4, 0.5) is 30.7 Å². The van der Waals surface area contributed by atoms with Crippen LogP contribution < -0.4 is 0 Å². The van der Waals surface area contributed by atoms with Gasteiger partial charge >= 0.3 is 10.5 Å². The van der Waals surface area contributed by atoms with Crippen LogP contribution in [-0.2, 0) is 0 Å². The largest absolute Gasteiger partial charge is 0.338 e. The van der Waals surface area contributed by atoms with E-state index in [-0.39, 0.29) is 0 Å². The molecular formula is C5H3F7S. The average Bonchev–Trinajstić information content (AvgIpc) is 2.09. The lowest BCUT2D eigenvalue weighted by Crippen LogP contribution is -2.48. The summed E-state index contributed by atoms with van der Waals surface area (Å²) in [4.78, 5) is 0. The van der Waals surface area contributed by atoms with Crippen molar-refractivity contribution in [3.05, 3.63) is 0 Å². The van der Waals surface area contributed by atoms with Gasteiger partial charge in [0.15, 0.2) is 0 Å². The maximum Gasteiger partial charge on any atom is 0.338 e. The topological polar surface area (TPSA) is 0 Å². The van der Waals surface area contributed by atoms with Gasteiger partial charge in [0.05, 0.1) is 0 Å². The van der Waals surface area contributed by atoms with E-state index >= 15 is 0 Å². The lowest BCUT2D eigenvalue weighted by Gasteiger charge is -2.22. The Morgan fingerprint density at radius 2 is 1.54 bits per heavy atom. The molecule has 0 nitrogen and oxygen atoms in total. The summed E-state index contributed by atoms with van der Waals surface area (Å²) in [5.41, 5.74) is -4.43. The van der Waals surface area contributed by atoms with E-state index in [1.807, 2.05) is 0 Å². The van der Waals surface area contributed by atoms with Crippen LogP contribution in [0.2, 0.25) is 0 Å². The number of halogens is 7. The molecule has 0 aromatic rings. The summed E-state index contributed by atoms with van der Waals surface area (Å²) in [6.07, 6.45) is -3.83. The first-order chi connectivity index (χ1) is 5.67. The smallest absolute Gasteiger partial charge is 0.247 e. The van der Waals surface area contributed by atoms with Crippen molar-refractivity contribution in [3.8, 4) is 0 Å². The molecule has 1 saturated heterocycles. The molecular weight excluding hydrogens is 225 g/mol. The Hall–Kier alpha value is -0.140. The minimum absolute atomic E-state index is 1.49. The third kappa shape index (κ3) is 1.29. The summed E-state index contributed by atoms with van der Waals surface area (Å²) < 4.78 is 86.0.